The van der Waals surface area contributed by atoms with Crippen molar-refractivity contribution < 1.29 is 0 Å². The Hall–Kier alpha value is -1.74. The molecule has 0 N–H and O–H groups in total. The molecule has 2 heterocycles. The maximum atomic E-state index is 4.31. The van der Waals surface area contributed by atoms with Crippen molar-refractivity contribution in [3.05, 3.63) is 48.2 Å². The minimum Gasteiger partial charge on any atom is -0.374 e. The van der Waals surface area contributed by atoms with Crippen LogP contribution in [0.2, 0.25) is 0 Å². The molecule has 1 aromatic carbocycles. The first kappa shape index (κ1) is 17.1. The molecule has 1 aromatic rings. The van der Waals surface area contributed by atoms with Crippen LogP contribution in [-0.2, 0) is 6.42 Å². The zero-order valence-electron chi connectivity index (χ0n) is 15.1. The highest BCUT2D eigenvalue weighted by Crippen LogP contribution is 2.23. The van der Waals surface area contributed by atoms with Gasteiger partial charge in [0.15, 0.2) is 0 Å². The molecule has 0 aromatic heterocycles. The standard InChI is InChI=1S/C21H31N3/c1-4-19-8-9-21(16-20(19)5-2)24-14-12-22(13-15-24)17-18(3)23-10-6-7-11-23/h4,8-9,16H,1,3,5-7,10-15,17H2,2H3. The molecule has 0 spiro atoms. The SMILES string of the molecule is C=Cc1ccc(N2CCN(CC(=C)N3CCCC3)CC2)cc1CC. The first-order valence-electron chi connectivity index (χ1n) is 9.36. The lowest BCUT2D eigenvalue weighted by molar-refractivity contribution is 0.251. The van der Waals surface area contributed by atoms with Gasteiger partial charge in [0.05, 0.1) is 0 Å². The molecule has 2 fully saturated rings. The maximum absolute atomic E-state index is 4.31. The second-order valence-electron chi connectivity index (χ2n) is 6.96. The predicted octanol–water partition coefficient (Wildman–Crippen LogP) is 3.62. The smallest absolute Gasteiger partial charge is 0.0379 e. The molecule has 0 unspecified atom stereocenters. The van der Waals surface area contributed by atoms with E-state index in [-0.39, 0.29) is 0 Å². The zero-order chi connectivity index (χ0) is 16.9. The highest BCUT2D eigenvalue weighted by molar-refractivity contribution is 5.59. The number of aryl methyl sites for hydroxylation is 1. The molecule has 0 saturated carbocycles. The average molecular weight is 326 g/mol. The number of hydrogen-bond donors (Lipinski definition) is 0. The quantitative estimate of drug-likeness (QED) is 0.791. The highest BCUT2D eigenvalue weighted by Gasteiger charge is 2.20. The molecule has 2 saturated heterocycles. The van der Waals surface area contributed by atoms with Crippen molar-refractivity contribution in [3.63, 3.8) is 0 Å². The van der Waals surface area contributed by atoms with Crippen molar-refractivity contribution in [2.75, 3.05) is 50.7 Å². The summed E-state index contributed by atoms with van der Waals surface area (Å²) in [6.45, 7) is 18.3. The molecule has 2 aliphatic heterocycles. The number of hydrogen-bond acceptors (Lipinski definition) is 3. The van der Waals surface area contributed by atoms with E-state index in [9.17, 15) is 0 Å². The lowest BCUT2D eigenvalue weighted by Crippen LogP contribution is -2.47. The van der Waals surface area contributed by atoms with Gasteiger partial charge in [0.2, 0.25) is 0 Å². The monoisotopic (exact) mass is 325 g/mol. The van der Waals surface area contributed by atoms with Crippen molar-refractivity contribution in [2.24, 2.45) is 0 Å². The summed E-state index contributed by atoms with van der Waals surface area (Å²) in [5.41, 5.74) is 5.33. The number of likely N-dealkylation sites (tertiary alicyclic amines) is 1. The molecule has 0 aliphatic carbocycles. The molecule has 3 heteroatoms. The first-order chi connectivity index (χ1) is 11.7. The van der Waals surface area contributed by atoms with Crippen molar-refractivity contribution >= 4 is 11.8 Å². The van der Waals surface area contributed by atoms with Crippen molar-refractivity contribution in [1.82, 2.24) is 9.80 Å². The summed E-state index contributed by atoms with van der Waals surface area (Å²) >= 11 is 0. The van der Waals surface area contributed by atoms with E-state index in [1.807, 2.05) is 6.08 Å². The molecule has 3 rings (SSSR count). The van der Waals surface area contributed by atoms with Gasteiger partial charge in [-0.05, 0) is 42.5 Å². The van der Waals surface area contributed by atoms with Crippen molar-refractivity contribution in [2.45, 2.75) is 26.2 Å². The van der Waals surface area contributed by atoms with E-state index in [1.165, 1.54) is 48.4 Å². The van der Waals surface area contributed by atoms with Gasteiger partial charge in [0.1, 0.15) is 0 Å². The number of piperazine rings is 1. The van der Waals surface area contributed by atoms with Crippen LogP contribution in [0.4, 0.5) is 5.69 Å². The van der Waals surface area contributed by atoms with E-state index >= 15 is 0 Å². The zero-order valence-corrected chi connectivity index (χ0v) is 15.1. The van der Waals surface area contributed by atoms with Gasteiger partial charge in [0.25, 0.3) is 0 Å². The van der Waals surface area contributed by atoms with Gasteiger partial charge in [-0.15, -0.1) is 0 Å². The van der Waals surface area contributed by atoms with Gasteiger partial charge in [-0.1, -0.05) is 32.2 Å². The van der Waals surface area contributed by atoms with Crippen LogP contribution in [0.3, 0.4) is 0 Å². The van der Waals surface area contributed by atoms with Crippen LogP contribution in [0.1, 0.15) is 30.9 Å². The summed E-state index contributed by atoms with van der Waals surface area (Å²) in [5, 5.41) is 0. The van der Waals surface area contributed by atoms with Crippen LogP contribution in [-0.4, -0.2) is 55.6 Å². The summed E-state index contributed by atoms with van der Waals surface area (Å²) < 4.78 is 0. The summed E-state index contributed by atoms with van der Waals surface area (Å²) in [6, 6.07) is 6.80. The van der Waals surface area contributed by atoms with Crippen molar-refractivity contribution in [1.29, 1.82) is 0 Å². The normalized spacial score (nSPS) is 18.9. The predicted molar refractivity (Wildman–Crippen MR) is 105 cm³/mol. The van der Waals surface area contributed by atoms with Crippen LogP contribution < -0.4 is 4.90 Å². The van der Waals surface area contributed by atoms with Crippen LogP contribution in [0.15, 0.2) is 37.1 Å². The fraction of sp³-hybridized carbons (Fsp3) is 0.524. The summed E-state index contributed by atoms with van der Waals surface area (Å²) in [4.78, 5) is 7.53. The number of anilines is 1. The van der Waals surface area contributed by atoms with E-state index in [2.05, 4.69) is 53.0 Å². The third-order valence-electron chi connectivity index (χ3n) is 5.42. The van der Waals surface area contributed by atoms with E-state index in [1.54, 1.807) is 0 Å². The largest absolute Gasteiger partial charge is 0.374 e. The molecule has 130 valence electrons. The minimum absolute atomic E-state index is 1.03. The fourth-order valence-corrected chi connectivity index (χ4v) is 3.85. The Kier molecular flexibility index (Phi) is 5.62. The van der Waals surface area contributed by atoms with Crippen LogP contribution in [0.25, 0.3) is 6.08 Å². The average Bonchev–Trinajstić information content (AvgIpc) is 3.16. The minimum atomic E-state index is 1.03. The summed E-state index contributed by atoms with van der Waals surface area (Å²) in [6.07, 6.45) is 5.68. The molecule has 0 atom stereocenters. The Morgan fingerprint density at radius 2 is 1.79 bits per heavy atom. The Morgan fingerprint density at radius 3 is 2.42 bits per heavy atom. The molecular formula is C21H31N3. The Balaban J connectivity index is 1.55. The molecule has 24 heavy (non-hydrogen) atoms. The molecule has 2 aliphatic rings. The van der Waals surface area contributed by atoms with E-state index in [0.717, 1.165) is 39.1 Å². The van der Waals surface area contributed by atoms with Crippen LogP contribution >= 0.6 is 0 Å². The molecule has 0 radical (unpaired) electrons. The molecule has 3 nitrogen and oxygen atoms in total. The second kappa shape index (κ2) is 7.89. The fourth-order valence-electron chi connectivity index (χ4n) is 3.85. The van der Waals surface area contributed by atoms with Gasteiger partial charge in [0, 0.05) is 57.2 Å². The van der Waals surface area contributed by atoms with E-state index in [0.29, 0.717) is 0 Å². The van der Waals surface area contributed by atoms with Gasteiger partial charge in [-0.3, -0.25) is 4.90 Å². The Morgan fingerprint density at radius 1 is 1.08 bits per heavy atom. The maximum Gasteiger partial charge on any atom is 0.0379 e. The number of rotatable bonds is 6. The third-order valence-corrected chi connectivity index (χ3v) is 5.42. The van der Waals surface area contributed by atoms with Gasteiger partial charge >= 0.3 is 0 Å². The van der Waals surface area contributed by atoms with E-state index in [4.69, 9.17) is 0 Å². The number of nitrogens with zero attached hydrogens (tertiary/aromatic N) is 3. The van der Waals surface area contributed by atoms with Gasteiger partial charge < -0.3 is 9.80 Å². The lowest BCUT2D eigenvalue weighted by atomic mass is 10.0. The molecular weight excluding hydrogens is 294 g/mol. The molecule has 0 bridgehead atoms. The van der Waals surface area contributed by atoms with Crippen LogP contribution in [0, 0.1) is 0 Å². The third kappa shape index (κ3) is 3.84. The highest BCUT2D eigenvalue weighted by atomic mass is 15.3. The Bertz CT molecular complexity index is 579. The van der Waals surface area contributed by atoms with E-state index < -0.39 is 0 Å². The lowest BCUT2D eigenvalue weighted by Gasteiger charge is -2.37. The summed E-state index contributed by atoms with van der Waals surface area (Å²) in [5.74, 6) is 0. The summed E-state index contributed by atoms with van der Waals surface area (Å²) in [7, 11) is 0. The van der Waals surface area contributed by atoms with Crippen LogP contribution in [0.5, 0.6) is 0 Å². The van der Waals surface area contributed by atoms with Gasteiger partial charge in [-0.25, -0.2) is 0 Å². The van der Waals surface area contributed by atoms with Gasteiger partial charge in [-0.2, -0.15) is 0 Å². The first-order valence-corrected chi connectivity index (χ1v) is 9.36. The van der Waals surface area contributed by atoms with Crippen molar-refractivity contribution in [3.8, 4) is 0 Å². The second-order valence-corrected chi connectivity index (χ2v) is 6.96. The number of benzene rings is 1. The molecule has 0 amide bonds. The Labute approximate surface area is 147 Å². The topological polar surface area (TPSA) is 9.72 Å².